The van der Waals surface area contributed by atoms with E-state index in [1.54, 1.807) is 30.0 Å². The van der Waals surface area contributed by atoms with Gasteiger partial charge in [0.2, 0.25) is 0 Å². The minimum absolute atomic E-state index is 0.187. The van der Waals surface area contributed by atoms with Gasteiger partial charge in [0.15, 0.2) is 21.0 Å². The third kappa shape index (κ3) is 2.81. The van der Waals surface area contributed by atoms with Crippen LogP contribution >= 0.6 is 22.9 Å². The van der Waals surface area contributed by atoms with Gasteiger partial charge in [0.05, 0.1) is 21.4 Å². The fraction of sp³-hybridized carbons (Fsp3) is 0.250. The zero-order valence-corrected chi connectivity index (χ0v) is 14.3. The second kappa shape index (κ2) is 6.10. The molecule has 0 radical (unpaired) electrons. The number of alkyl halides is 2. The van der Waals surface area contributed by atoms with Gasteiger partial charge in [-0.05, 0) is 6.07 Å². The van der Waals surface area contributed by atoms with Crippen molar-refractivity contribution in [2.45, 2.75) is 11.3 Å². The lowest BCUT2D eigenvalue weighted by atomic mass is 10.3. The summed E-state index contributed by atoms with van der Waals surface area (Å²) in [5, 5.41) is 10.2. The van der Waals surface area contributed by atoms with Gasteiger partial charge >= 0.3 is 0 Å². The van der Waals surface area contributed by atoms with E-state index in [1.165, 1.54) is 0 Å². The first-order valence-electron chi connectivity index (χ1n) is 6.27. The molecule has 1 unspecified atom stereocenters. The van der Waals surface area contributed by atoms with Crippen molar-refractivity contribution in [2.75, 3.05) is 18.6 Å². The summed E-state index contributed by atoms with van der Waals surface area (Å²) in [5.41, 5.74) is 1.17. The predicted octanol–water partition coefficient (Wildman–Crippen LogP) is 3.22. The Kier molecular flexibility index (Phi) is 4.30. The molecule has 3 aromatic rings. The highest BCUT2D eigenvalue weighted by molar-refractivity contribution is 7.84. The number of halogens is 3. The number of hydrogen-bond acceptors (Lipinski definition) is 6. The van der Waals surface area contributed by atoms with Crippen molar-refractivity contribution in [1.29, 1.82) is 0 Å². The van der Waals surface area contributed by atoms with Gasteiger partial charge in [-0.25, -0.2) is 13.8 Å². The van der Waals surface area contributed by atoms with Crippen LogP contribution in [0.1, 0.15) is 11.4 Å². The average molecular weight is 378 g/mol. The maximum absolute atomic E-state index is 12.7. The SMILES string of the molecule is CNc1cc(S(C)=O)cn2c(-c3nnc(C(F)F)s3)nc(Cl)c12. The van der Waals surface area contributed by atoms with Gasteiger partial charge in [0.1, 0.15) is 5.52 Å². The zero-order valence-electron chi connectivity index (χ0n) is 11.9. The molecule has 0 saturated heterocycles. The number of rotatable bonds is 4. The first-order chi connectivity index (χ1) is 10.9. The van der Waals surface area contributed by atoms with Gasteiger partial charge in [0.25, 0.3) is 6.43 Å². The normalized spacial score (nSPS) is 13.0. The van der Waals surface area contributed by atoms with Gasteiger partial charge < -0.3 is 5.32 Å². The number of pyridine rings is 1. The molecule has 23 heavy (non-hydrogen) atoms. The topological polar surface area (TPSA) is 72.2 Å². The maximum Gasteiger partial charge on any atom is 0.291 e. The van der Waals surface area contributed by atoms with E-state index >= 15 is 0 Å². The van der Waals surface area contributed by atoms with E-state index in [1.807, 2.05) is 0 Å². The summed E-state index contributed by atoms with van der Waals surface area (Å²) < 4.78 is 38.8. The lowest BCUT2D eigenvalue weighted by Gasteiger charge is -2.07. The third-order valence-corrected chi connectivity index (χ3v) is 5.16. The standard InChI is InChI=1S/C12H10ClF2N5OS2/c1-16-6-3-5(23(2)21)4-20-7(6)8(13)17-10(20)12-19-18-11(22-12)9(14)15/h3-4,9,16H,1-2H3. The molecular weight excluding hydrogens is 368 g/mol. The summed E-state index contributed by atoms with van der Waals surface area (Å²) in [7, 11) is 0.456. The molecule has 3 heterocycles. The highest BCUT2D eigenvalue weighted by atomic mass is 35.5. The molecule has 0 aliphatic heterocycles. The minimum Gasteiger partial charge on any atom is -0.386 e. The van der Waals surface area contributed by atoms with E-state index in [-0.39, 0.29) is 16.0 Å². The molecule has 3 aromatic heterocycles. The summed E-state index contributed by atoms with van der Waals surface area (Å²) in [5.74, 6) is 0.276. The van der Waals surface area contributed by atoms with Crippen LogP contribution in [0.3, 0.4) is 0 Å². The van der Waals surface area contributed by atoms with Crippen molar-refractivity contribution in [2.24, 2.45) is 0 Å². The van der Waals surface area contributed by atoms with Crippen molar-refractivity contribution in [3.8, 4) is 10.8 Å². The average Bonchev–Trinajstić information content (AvgIpc) is 3.11. The number of imidazole rings is 1. The fourth-order valence-corrected chi connectivity index (χ4v) is 3.55. The molecule has 1 N–H and O–H groups in total. The Hall–Kier alpha value is -1.65. The Balaban J connectivity index is 2.28. The van der Waals surface area contributed by atoms with Gasteiger partial charge in [-0.1, -0.05) is 22.9 Å². The second-order valence-corrected chi connectivity index (χ2v) is 7.23. The Bertz CT molecular complexity index is 910. The molecule has 0 spiro atoms. The second-order valence-electron chi connectivity index (χ2n) is 4.48. The molecule has 1 atom stereocenters. The number of anilines is 1. The van der Waals surface area contributed by atoms with E-state index in [0.717, 1.165) is 11.3 Å². The quantitative estimate of drug-likeness (QED) is 0.755. The third-order valence-electron chi connectivity index (χ3n) is 3.09. The Morgan fingerprint density at radius 1 is 1.43 bits per heavy atom. The first-order valence-corrected chi connectivity index (χ1v) is 9.02. The van der Waals surface area contributed by atoms with E-state index < -0.39 is 22.2 Å². The number of nitrogens with one attached hydrogen (secondary N) is 1. The van der Waals surface area contributed by atoms with Crippen LogP contribution in [-0.4, -0.2) is 37.1 Å². The molecule has 0 bridgehead atoms. The molecule has 0 aliphatic rings. The van der Waals surface area contributed by atoms with Crippen molar-refractivity contribution < 1.29 is 13.0 Å². The van der Waals surface area contributed by atoms with Crippen LogP contribution in [0.15, 0.2) is 17.2 Å². The van der Waals surface area contributed by atoms with E-state index in [2.05, 4.69) is 20.5 Å². The van der Waals surface area contributed by atoms with E-state index in [4.69, 9.17) is 11.6 Å². The van der Waals surface area contributed by atoms with Crippen LogP contribution in [0.2, 0.25) is 5.15 Å². The van der Waals surface area contributed by atoms with Gasteiger partial charge in [-0.3, -0.25) is 8.61 Å². The van der Waals surface area contributed by atoms with Crippen LogP contribution in [0.4, 0.5) is 14.5 Å². The van der Waals surface area contributed by atoms with Crippen LogP contribution in [0, 0.1) is 0 Å². The molecular formula is C12H10ClF2N5OS2. The van der Waals surface area contributed by atoms with Gasteiger partial charge in [0, 0.05) is 19.5 Å². The largest absolute Gasteiger partial charge is 0.386 e. The first kappa shape index (κ1) is 16.2. The summed E-state index contributed by atoms with van der Waals surface area (Å²) in [4.78, 5) is 4.73. The summed E-state index contributed by atoms with van der Waals surface area (Å²) >= 11 is 6.91. The Morgan fingerprint density at radius 2 is 2.17 bits per heavy atom. The zero-order chi connectivity index (χ0) is 16.7. The van der Waals surface area contributed by atoms with Crippen molar-refractivity contribution in [3.63, 3.8) is 0 Å². The molecule has 6 nitrogen and oxygen atoms in total. The molecule has 0 aliphatic carbocycles. The monoisotopic (exact) mass is 377 g/mol. The fourth-order valence-electron chi connectivity index (χ4n) is 2.06. The van der Waals surface area contributed by atoms with Crippen molar-refractivity contribution in [3.05, 3.63) is 22.4 Å². The highest BCUT2D eigenvalue weighted by Crippen LogP contribution is 2.34. The summed E-state index contributed by atoms with van der Waals surface area (Å²) in [6.07, 6.45) is 0.442. The van der Waals surface area contributed by atoms with Crippen LogP contribution in [0.25, 0.3) is 16.3 Å². The molecule has 0 saturated carbocycles. The number of aromatic nitrogens is 4. The number of hydrogen-bond donors (Lipinski definition) is 1. The minimum atomic E-state index is -2.70. The highest BCUT2D eigenvalue weighted by Gasteiger charge is 2.21. The smallest absolute Gasteiger partial charge is 0.291 e. The molecule has 0 fully saturated rings. The van der Waals surface area contributed by atoms with Gasteiger partial charge in [-0.2, -0.15) is 0 Å². The predicted molar refractivity (Wildman–Crippen MR) is 85.9 cm³/mol. The number of nitrogens with zero attached hydrogens (tertiary/aromatic N) is 4. The lowest BCUT2D eigenvalue weighted by Crippen LogP contribution is -1.99. The van der Waals surface area contributed by atoms with Crippen LogP contribution < -0.4 is 5.32 Å². The summed E-state index contributed by atoms with van der Waals surface area (Å²) in [6, 6.07) is 1.70. The van der Waals surface area contributed by atoms with Crippen molar-refractivity contribution in [1.82, 2.24) is 19.6 Å². The Morgan fingerprint density at radius 3 is 2.74 bits per heavy atom. The summed E-state index contributed by atoms with van der Waals surface area (Å²) in [6.45, 7) is 0. The van der Waals surface area contributed by atoms with E-state index in [9.17, 15) is 13.0 Å². The maximum atomic E-state index is 12.7. The Labute approximate surface area is 141 Å². The molecule has 122 valence electrons. The van der Waals surface area contributed by atoms with Crippen molar-refractivity contribution >= 4 is 44.9 Å². The molecule has 0 aromatic carbocycles. The number of fused-ring (bicyclic) bond motifs is 1. The molecule has 0 amide bonds. The van der Waals surface area contributed by atoms with Crippen LogP contribution in [-0.2, 0) is 10.8 Å². The molecule has 3 rings (SSSR count). The molecule has 11 heteroatoms. The van der Waals surface area contributed by atoms with Crippen LogP contribution in [0.5, 0.6) is 0 Å². The van der Waals surface area contributed by atoms with Gasteiger partial charge in [-0.15, -0.1) is 10.2 Å². The lowest BCUT2D eigenvalue weighted by molar-refractivity contribution is 0.150. The van der Waals surface area contributed by atoms with E-state index in [0.29, 0.717) is 16.1 Å².